The number of nitrogens with zero attached hydrogens (tertiary/aromatic N) is 1. The van der Waals surface area contributed by atoms with Gasteiger partial charge < -0.3 is 5.32 Å². The lowest BCUT2D eigenvalue weighted by Gasteiger charge is -2.12. The van der Waals surface area contributed by atoms with Gasteiger partial charge >= 0.3 is 0 Å². The van der Waals surface area contributed by atoms with Crippen LogP contribution in [0.15, 0.2) is 59.6 Å². The van der Waals surface area contributed by atoms with Crippen molar-refractivity contribution in [3.05, 3.63) is 87.3 Å². The number of fused-ring (bicyclic) bond motifs is 1. The van der Waals surface area contributed by atoms with E-state index in [4.69, 9.17) is 4.99 Å². The zero-order valence-electron chi connectivity index (χ0n) is 17.7. The van der Waals surface area contributed by atoms with Crippen LogP contribution in [-0.4, -0.2) is 12.1 Å². The van der Waals surface area contributed by atoms with Crippen molar-refractivity contribution in [1.29, 1.82) is 0 Å². The number of benzene rings is 2. The molecule has 30 heavy (non-hydrogen) atoms. The van der Waals surface area contributed by atoms with Gasteiger partial charge in [-0.05, 0) is 53.9 Å². The number of amides is 1. The highest BCUT2D eigenvalue weighted by atomic mass is 32.1. The summed E-state index contributed by atoms with van der Waals surface area (Å²) < 4.78 is 0. The van der Waals surface area contributed by atoms with Crippen LogP contribution < -0.4 is 5.32 Å². The minimum atomic E-state index is -0.0134. The maximum Gasteiger partial charge on any atom is 0.254 e. The predicted molar refractivity (Wildman–Crippen MR) is 126 cm³/mol. The maximum absolute atomic E-state index is 13.1. The van der Waals surface area contributed by atoms with Crippen LogP contribution in [-0.2, 0) is 19.4 Å². The molecule has 0 fully saturated rings. The van der Waals surface area contributed by atoms with Crippen LogP contribution in [0.25, 0.3) is 0 Å². The zero-order chi connectivity index (χ0) is 20.9. The van der Waals surface area contributed by atoms with Crippen molar-refractivity contribution in [2.24, 2.45) is 4.99 Å². The van der Waals surface area contributed by atoms with E-state index in [0.29, 0.717) is 12.5 Å². The summed E-state index contributed by atoms with van der Waals surface area (Å²) >= 11 is 1.68. The van der Waals surface area contributed by atoms with Crippen molar-refractivity contribution in [2.45, 2.75) is 52.0 Å². The number of thiophene rings is 1. The summed E-state index contributed by atoms with van der Waals surface area (Å²) in [7, 11) is 0. The van der Waals surface area contributed by atoms with E-state index in [1.165, 1.54) is 22.4 Å². The highest BCUT2D eigenvalue weighted by Gasteiger charge is 2.25. The summed E-state index contributed by atoms with van der Waals surface area (Å²) in [4.78, 5) is 19.2. The molecule has 0 saturated carbocycles. The largest absolute Gasteiger partial charge is 0.348 e. The Morgan fingerprint density at radius 1 is 1.07 bits per heavy atom. The first kappa shape index (κ1) is 20.5. The molecule has 2 aromatic carbocycles. The molecule has 4 rings (SSSR count). The van der Waals surface area contributed by atoms with E-state index in [1.807, 2.05) is 36.5 Å². The first-order valence-electron chi connectivity index (χ1n) is 10.7. The van der Waals surface area contributed by atoms with Gasteiger partial charge in [0.25, 0.3) is 5.91 Å². The van der Waals surface area contributed by atoms with E-state index in [-0.39, 0.29) is 5.91 Å². The number of carbonyl (C=O) groups excluding carboxylic acids is 1. The average Bonchev–Trinajstić information content (AvgIpc) is 3.15. The number of aryl methyl sites for hydroxylation is 1. The van der Waals surface area contributed by atoms with Crippen LogP contribution in [0, 0.1) is 0 Å². The van der Waals surface area contributed by atoms with Crippen molar-refractivity contribution < 1.29 is 4.79 Å². The van der Waals surface area contributed by atoms with Crippen LogP contribution in [0.4, 0.5) is 5.00 Å². The number of carbonyl (C=O) groups is 1. The smallest absolute Gasteiger partial charge is 0.254 e. The molecule has 3 aromatic rings. The van der Waals surface area contributed by atoms with Crippen molar-refractivity contribution in [1.82, 2.24) is 5.32 Å². The Labute approximate surface area is 182 Å². The third kappa shape index (κ3) is 4.71. The van der Waals surface area contributed by atoms with Crippen molar-refractivity contribution in [3.63, 3.8) is 0 Å². The summed E-state index contributed by atoms with van der Waals surface area (Å²) in [6.07, 6.45) is 6.24. The van der Waals surface area contributed by atoms with E-state index >= 15 is 0 Å². The topological polar surface area (TPSA) is 41.5 Å². The van der Waals surface area contributed by atoms with Crippen LogP contribution in [0.5, 0.6) is 0 Å². The van der Waals surface area contributed by atoms with Crippen LogP contribution in [0.2, 0.25) is 0 Å². The third-order valence-electron chi connectivity index (χ3n) is 5.61. The second kappa shape index (κ2) is 9.40. The Kier molecular flexibility index (Phi) is 6.44. The molecule has 0 radical (unpaired) electrons. The number of nitrogens with one attached hydrogen (secondary N) is 1. The maximum atomic E-state index is 13.1. The quantitative estimate of drug-likeness (QED) is 0.462. The van der Waals surface area contributed by atoms with Crippen LogP contribution in [0.3, 0.4) is 0 Å². The fraction of sp³-hybridized carbons (Fsp3) is 0.308. The Bertz CT molecular complexity index is 1030. The van der Waals surface area contributed by atoms with Gasteiger partial charge in [0, 0.05) is 17.6 Å². The highest BCUT2D eigenvalue weighted by Crippen LogP contribution is 2.39. The van der Waals surface area contributed by atoms with Gasteiger partial charge in [0.1, 0.15) is 5.00 Å². The van der Waals surface area contributed by atoms with Gasteiger partial charge in [-0.2, -0.15) is 0 Å². The Hall–Kier alpha value is -2.72. The lowest BCUT2D eigenvalue weighted by Crippen LogP contribution is -2.24. The molecule has 0 spiro atoms. The van der Waals surface area contributed by atoms with Gasteiger partial charge in [0.05, 0.1) is 5.56 Å². The molecule has 0 atom stereocenters. The minimum Gasteiger partial charge on any atom is -0.348 e. The van der Waals surface area contributed by atoms with Crippen molar-refractivity contribution >= 4 is 28.5 Å². The van der Waals surface area contributed by atoms with E-state index in [2.05, 4.69) is 43.4 Å². The van der Waals surface area contributed by atoms with Gasteiger partial charge in [-0.25, -0.2) is 4.99 Å². The molecule has 0 bridgehead atoms. The van der Waals surface area contributed by atoms with Gasteiger partial charge in [-0.1, -0.05) is 68.4 Å². The highest BCUT2D eigenvalue weighted by molar-refractivity contribution is 7.16. The van der Waals surface area contributed by atoms with E-state index in [1.54, 1.807) is 11.3 Å². The van der Waals surface area contributed by atoms with E-state index in [9.17, 15) is 4.79 Å². The Balaban J connectivity index is 1.58. The number of rotatable bonds is 6. The molecule has 1 aromatic heterocycles. The first-order chi connectivity index (χ1) is 14.6. The Morgan fingerprint density at radius 3 is 2.53 bits per heavy atom. The molecule has 4 heteroatoms. The van der Waals surface area contributed by atoms with Gasteiger partial charge in [-0.3, -0.25) is 4.79 Å². The predicted octanol–water partition coefficient (Wildman–Crippen LogP) is 6.43. The second-order valence-electron chi connectivity index (χ2n) is 8.14. The Morgan fingerprint density at radius 2 is 1.80 bits per heavy atom. The van der Waals surface area contributed by atoms with Gasteiger partial charge in [0.2, 0.25) is 0 Å². The average molecular weight is 417 g/mol. The third-order valence-corrected chi connectivity index (χ3v) is 6.81. The van der Waals surface area contributed by atoms with Gasteiger partial charge in [0.15, 0.2) is 0 Å². The van der Waals surface area contributed by atoms with Crippen molar-refractivity contribution in [2.75, 3.05) is 0 Å². The number of aliphatic imine (C=N–C) groups is 1. The standard InChI is InChI=1S/C26H28N2OS/c1-18(2)21-14-12-20(13-15-21)17-28-26-24(22-10-6-7-11-23(22)30-26)25(29)27-16-19-8-4-3-5-9-19/h3-5,8-9,12-15,17-18H,6-7,10-11,16H2,1-2H3,(H,27,29)/b28-17-. The molecule has 1 heterocycles. The molecular formula is C26H28N2OS. The molecule has 0 saturated heterocycles. The molecular weight excluding hydrogens is 388 g/mol. The lowest BCUT2D eigenvalue weighted by atomic mass is 9.95. The lowest BCUT2D eigenvalue weighted by molar-refractivity contribution is 0.0951. The minimum absolute atomic E-state index is 0.0134. The fourth-order valence-electron chi connectivity index (χ4n) is 3.84. The SMILES string of the molecule is CC(C)c1ccc(/C=N\c2sc3c(c2C(=O)NCc2ccccc2)CCCC3)cc1. The van der Waals surface area contributed by atoms with Gasteiger partial charge in [-0.15, -0.1) is 11.3 Å². The summed E-state index contributed by atoms with van der Waals surface area (Å²) in [6.45, 7) is 4.92. The number of hydrogen-bond acceptors (Lipinski definition) is 3. The summed E-state index contributed by atoms with van der Waals surface area (Å²) in [5.74, 6) is 0.500. The van der Waals surface area contributed by atoms with Crippen LogP contribution in [0.1, 0.15) is 70.1 Å². The second-order valence-corrected chi connectivity index (χ2v) is 9.22. The fourth-order valence-corrected chi connectivity index (χ4v) is 5.07. The summed E-state index contributed by atoms with van der Waals surface area (Å²) in [6, 6.07) is 18.5. The van der Waals surface area contributed by atoms with Crippen LogP contribution >= 0.6 is 11.3 Å². The monoisotopic (exact) mass is 416 g/mol. The molecule has 1 aliphatic rings. The molecule has 1 aliphatic carbocycles. The molecule has 0 unspecified atom stereocenters. The molecule has 1 amide bonds. The molecule has 1 N–H and O–H groups in total. The molecule has 3 nitrogen and oxygen atoms in total. The molecule has 154 valence electrons. The summed E-state index contributed by atoms with van der Waals surface area (Å²) in [5.41, 5.74) is 5.46. The molecule has 0 aliphatic heterocycles. The summed E-state index contributed by atoms with van der Waals surface area (Å²) in [5, 5.41) is 3.94. The van der Waals surface area contributed by atoms with E-state index < -0.39 is 0 Å². The van der Waals surface area contributed by atoms with Crippen molar-refractivity contribution in [3.8, 4) is 0 Å². The first-order valence-corrected chi connectivity index (χ1v) is 11.5. The number of hydrogen-bond donors (Lipinski definition) is 1. The zero-order valence-corrected chi connectivity index (χ0v) is 18.5. The normalized spacial score (nSPS) is 13.6. The van der Waals surface area contributed by atoms with E-state index in [0.717, 1.165) is 41.0 Å².